The highest BCUT2D eigenvalue weighted by Crippen LogP contribution is 2.31. The Morgan fingerprint density at radius 1 is 1.16 bits per heavy atom. The molecule has 0 spiro atoms. The Hall–Kier alpha value is -0.970. The molecule has 2 rings (SSSR count). The minimum Gasteiger partial charge on any atom is -0.385 e. The van der Waals surface area contributed by atoms with Crippen LogP contribution in [0.4, 0.5) is 5.69 Å². The molecule has 0 radical (unpaired) electrons. The van der Waals surface area contributed by atoms with E-state index in [0.717, 1.165) is 31.5 Å². The Bertz CT molecular complexity index is 383. The first-order valence-corrected chi connectivity index (χ1v) is 6.07. The van der Waals surface area contributed by atoms with Gasteiger partial charge in [-0.15, -0.1) is 24.8 Å². The minimum absolute atomic E-state index is 0. The molecule has 0 bridgehead atoms. The highest BCUT2D eigenvalue weighted by molar-refractivity contribution is 5.88. The highest BCUT2D eigenvalue weighted by atomic mass is 35.5. The first-order chi connectivity index (χ1) is 8.21. The van der Waals surface area contributed by atoms with Crippen LogP contribution in [0.1, 0.15) is 19.3 Å². The number of hydrogen-bond donors (Lipinski definition) is 3. The Morgan fingerprint density at radius 3 is 2.37 bits per heavy atom. The fraction of sp³-hybridized carbons (Fsp3) is 0.462. The van der Waals surface area contributed by atoms with Crippen molar-refractivity contribution in [1.29, 1.82) is 0 Å². The van der Waals surface area contributed by atoms with Gasteiger partial charge in [-0.1, -0.05) is 18.2 Å². The molecule has 0 atom stereocenters. The summed E-state index contributed by atoms with van der Waals surface area (Å²) in [6.45, 7) is 1.53. The van der Waals surface area contributed by atoms with Gasteiger partial charge in [0, 0.05) is 18.8 Å². The number of para-hydroxylation sites is 1. The number of nitrogens with two attached hydrogens (primary N) is 1. The number of carbonyl (C=O) groups is 1. The van der Waals surface area contributed by atoms with E-state index in [9.17, 15) is 4.79 Å². The maximum absolute atomic E-state index is 11.5. The van der Waals surface area contributed by atoms with Gasteiger partial charge in [-0.25, -0.2) is 0 Å². The van der Waals surface area contributed by atoms with E-state index in [1.807, 2.05) is 30.3 Å². The van der Waals surface area contributed by atoms with Crippen LogP contribution in [-0.4, -0.2) is 24.5 Å². The molecule has 6 heteroatoms. The fourth-order valence-electron chi connectivity index (χ4n) is 1.62. The van der Waals surface area contributed by atoms with E-state index in [4.69, 9.17) is 5.73 Å². The van der Waals surface area contributed by atoms with Gasteiger partial charge < -0.3 is 16.4 Å². The molecule has 4 nitrogen and oxygen atoms in total. The van der Waals surface area contributed by atoms with E-state index >= 15 is 0 Å². The first-order valence-electron chi connectivity index (χ1n) is 6.07. The van der Waals surface area contributed by atoms with Gasteiger partial charge in [-0.3, -0.25) is 4.79 Å². The second-order valence-electron chi connectivity index (χ2n) is 4.56. The maximum atomic E-state index is 11.5. The lowest BCUT2D eigenvalue weighted by Gasteiger charge is -2.10. The van der Waals surface area contributed by atoms with Crippen LogP contribution in [0.25, 0.3) is 0 Å². The molecule has 0 unspecified atom stereocenters. The van der Waals surface area contributed by atoms with Gasteiger partial charge in [-0.05, 0) is 31.4 Å². The number of amides is 1. The summed E-state index contributed by atoms with van der Waals surface area (Å²) in [4.78, 5) is 11.5. The van der Waals surface area contributed by atoms with E-state index in [2.05, 4.69) is 10.6 Å². The van der Waals surface area contributed by atoms with Gasteiger partial charge in [0.1, 0.15) is 0 Å². The number of hydrogen-bond acceptors (Lipinski definition) is 3. The standard InChI is InChI=1S/C13H19N3O.2ClH/c14-13(7-8-13)12(17)16-10-4-9-15-11-5-2-1-3-6-11;;/h1-3,5-6,15H,4,7-10,14H2,(H,16,17);2*1H. The Balaban J connectivity index is 0.00000162. The van der Waals surface area contributed by atoms with Crippen molar-refractivity contribution in [2.75, 3.05) is 18.4 Å². The molecule has 1 aromatic rings. The monoisotopic (exact) mass is 305 g/mol. The van der Waals surface area contributed by atoms with Crippen molar-refractivity contribution >= 4 is 36.4 Å². The van der Waals surface area contributed by atoms with Crippen LogP contribution in [0, 0.1) is 0 Å². The van der Waals surface area contributed by atoms with Crippen LogP contribution < -0.4 is 16.4 Å². The van der Waals surface area contributed by atoms with E-state index in [1.54, 1.807) is 0 Å². The predicted molar refractivity (Wildman–Crippen MR) is 83.2 cm³/mol. The van der Waals surface area contributed by atoms with Gasteiger partial charge >= 0.3 is 0 Å². The molecule has 0 heterocycles. The number of halogens is 2. The van der Waals surface area contributed by atoms with Crippen molar-refractivity contribution in [2.24, 2.45) is 5.73 Å². The second-order valence-corrected chi connectivity index (χ2v) is 4.56. The molecule has 1 aliphatic carbocycles. The van der Waals surface area contributed by atoms with Gasteiger partial charge in [0.05, 0.1) is 5.54 Å². The van der Waals surface area contributed by atoms with Gasteiger partial charge in [0.2, 0.25) is 5.91 Å². The van der Waals surface area contributed by atoms with Gasteiger partial charge in [0.15, 0.2) is 0 Å². The molecule has 19 heavy (non-hydrogen) atoms. The second kappa shape index (κ2) is 8.25. The SMILES string of the molecule is Cl.Cl.NC1(C(=O)NCCCNc2ccccc2)CC1. The molecule has 1 fully saturated rings. The zero-order valence-corrected chi connectivity index (χ0v) is 12.4. The number of rotatable bonds is 6. The van der Waals surface area contributed by atoms with Crippen LogP contribution in [0.3, 0.4) is 0 Å². The first kappa shape index (κ1) is 18.0. The highest BCUT2D eigenvalue weighted by Gasteiger charge is 2.45. The van der Waals surface area contributed by atoms with Crippen LogP contribution in [-0.2, 0) is 4.79 Å². The zero-order chi connectivity index (χ0) is 12.1. The van der Waals surface area contributed by atoms with Crippen LogP contribution in [0.5, 0.6) is 0 Å². The van der Waals surface area contributed by atoms with E-state index < -0.39 is 5.54 Å². The van der Waals surface area contributed by atoms with Crippen LogP contribution in [0.2, 0.25) is 0 Å². The number of benzene rings is 1. The summed E-state index contributed by atoms with van der Waals surface area (Å²) in [5.74, 6) is -0.00258. The molecule has 0 aliphatic heterocycles. The number of carbonyl (C=O) groups excluding carboxylic acids is 1. The summed E-state index contributed by atoms with van der Waals surface area (Å²) < 4.78 is 0. The summed E-state index contributed by atoms with van der Waals surface area (Å²) in [5.41, 5.74) is 6.33. The lowest BCUT2D eigenvalue weighted by atomic mass is 10.2. The summed E-state index contributed by atoms with van der Waals surface area (Å²) in [5, 5.41) is 6.16. The molecule has 1 aliphatic rings. The third-order valence-corrected chi connectivity index (χ3v) is 2.98. The van der Waals surface area contributed by atoms with Gasteiger partial charge in [0.25, 0.3) is 0 Å². The predicted octanol–water partition coefficient (Wildman–Crippen LogP) is 1.94. The number of anilines is 1. The normalized spacial score (nSPS) is 14.6. The van der Waals surface area contributed by atoms with Crippen molar-refractivity contribution in [2.45, 2.75) is 24.8 Å². The average Bonchev–Trinajstić information content (AvgIpc) is 3.09. The average molecular weight is 306 g/mol. The summed E-state index contributed by atoms with van der Waals surface area (Å²) in [7, 11) is 0. The molecule has 1 amide bonds. The zero-order valence-electron chi connectivity index (χ0n) is 10.7. The maximum Gasteiger partial charge on any atom is 0.240 e. The topological polar surface area (TPSA) is 67.2 Å². The molecule has 1 aromatic carbocycles. The summed E-state index contributed by atoms with van der Waals surface area (Å²) in [6, 6.07) is 10.0. The molecule has 0 aromatic heterocycles. The van der Waals surface area contributed by atoms with Crippen molar-refractivity contribution in [1.82, 2.24) is 5.32 Å². The van der Waals surface area contributed by atoms with Crippen molar-refractivity contribution in [3.63, 3.8) is 0 Å². The van der Waals surface area contributed by atoms with Crippen LogP contribution >= 0.6 is 24.8 Å². The lowest BCUT2D eigenvalue weighted by Crippen LogP contribution is -2.43. The molecule has 1 saturated carbocycles. The van der Waals surface area contributed by atoms with E-state index in [-0.39, 0.29) is 30.7 Å². The van der Waals surface area contributed by atoms with Crippen molar-refractivity contribution < 1.29 is 4.79 Å². The smallest absolute Gasteiger partial charge is 0.240 e. The quantitative estimate of drug-likeness (QED) is 0.704. The Morgan fingerprint density at radius 2 is 1.79 bits per heavy atom. The fourth-order valence-corrected chi connectivity index (χ4v) is 1.62. The summed E-state index contributed by atoms with van der Waals surface area (Å²) >= 11 is 0. The molecule has 0 saturated heterocycles. The third kappa shape index (κ3) is 5.68. The number of nitrogens with one attached hydrogen (secondary N) is 2. The minimum atomic E-state index is -0.549. The van der Waals surface area contributed by atoms with Crippen LogP contribution in [0.15, 0.2) is 30.3 Å². The van der Waals surface area contributed by atoms with Crippen molar-refractivity contribution in [3.05, 3.63) is 30.3 Å². The van der Waals surface area contributed by atoms with E-state index in [0.29, 0.717) is 6.54 Å². The Labute approximate surface area is 126 Å². The van der Waals surface area contributed by atoms with E-state index in [1.165, 1.54) is 0 Å². The van der Waals surface area contributed by atoms with Gasteiger partial charge in [-0.2, -0.15) is 0 Å². The molecule has 108 valence electrons. The van der Waals surface area contributed by atoms with Crippen molar-refractivity contribution in [3.8, 4) is 0 Å². The molecular weight excluding hydrogens is 285 g/mol. The lowest BCUT2D eigenvalue weighted by molar-refractivity contribution is -0.123. The summed E-state index contributed by atoms with van der Waals surface area (Å²) in [6.07, 6.45) is 2.54. The molecular formula is C13H21Cl2N3O. The molecule has 4 N–H and O–H groups in total. The Kier molecular flexibility index (Phi) is 7.83. The largest absolute Gasteiger partial charge is 0.385 e. The third-order valence-electron chi connectivity index (χ3n) is 2.98.